The molecule has 3 fully saturated rings. The van der Waals surface area contributed by atoms with Crippen molar-refractivity contribution in [3.05, 3.63) is 29.8 Å². The summed E-state index contributed by atoms with van der Waals surface area (Å²) in [6.45, 7) is 1.29. The summed E-state index contributed by atoms with van der Waals surface area (Å²) >= 11 is 0. The highest BCUT2D eigenvalue weighted by atomic mass is 32.2. The summed E-state index contributed by atoms with van der Waals surface area (Å²) in [6, 6.07) is 8.43. The van der Waals surface area contributed by atoms with Gasteiger partial charge in [-0.15, -0.1) is 0 Å². The summed E-state index contributed by atoms with van der Waals surface area (Å²) in [7, 11) is -1.35. The van der Waals surface area contributed by atoms with Crippen LogP contribution in [0.4, 0.5) is 0 Å². The van der Waals surface area contributed by atoms with Crippen LogP contribution in [0.3, 0.4) is 0 Å². The Kier molecular flexibility index (Phi) is 6.16. The maximum Gasteiger partial charge on any atom is 0.237 e. The third kappa shape index (κ3) is 4.61. The van der Waals surface area contributed by atoms with E-state index in [0.717, 1.165) is 50.8 Å². The van der Waals surface area contributed by atoms with E-state index in [-0.39, 0.29) is 35.5 Å². The molecule has 7 heteroatoms. The highest BCUT2D eigenvalue weighted by Gasteiger charge is 2.40. The maximum absolute atomic E-state index is 13.4. The number of hydrogen-bond acceptors (Lipinski definition) is 5. The maximum atomic E-state index is 13.4. The number of likely N-dealkylation sites (tertiary alicyclic amines) is 1. The predicted octanol–water partition coefficient (Wildman–Crippen LogP) is 2.79. The molecule has 0 N–H and O–H groups in total. The molecule has 1 aromatic carbocycles. The van der Waals surface area contributed by atoms with Crippen molar-refractivity contribution in [2.45, 2.75) is 63.1 Å². The molecule has 1 aromatic rings. The van der Waals surface area contributed by atoms with Crippen LogP contribution in [0, 0.1) is 0 Å². The Morgan fingerprint density at radius 2 is 1.79 bits per heavy atom. The second-order valence-electron chi connectivity index (χ2n) is 8.70. The number of sulfone groups is 1. The average molecular weight is 421 g/mol. The van der Waals surface area contributed by atoms with E-state index in [2.05, 4.69) is 17.0 Å². The van der Waals surface area contributed by atoms with E-state index in [4.69, 9.17) is 4.74 Å². The number of amides is 1. The van der Waals surface area contributed by atoms with Crippen LogP contribution in [0.15, 0.2) is 24.3 Å². The fourth-order valence-electron chi connectivity index (χ4n) is 5.36. The summed E-state index contributed by atoms with van der Waals surface area (Å²) < 4.78 is 29.4. The number of rotatable bonds is 6. The van der Waals surface area contributed by atoms with E-state index in [9.17, 15) is 13.2 Å². The lowest BCUT2D eigenvalue weighted by Crippen LogP contribution is -2.50. The largest absolute Gasteiger partial charge is 0.497 e. The standard InChI is InChI=1S/C22H32N2O4S/c1-28-20-10-8-17(9-11-20)21-7-4-13-23(21)15-22(25)24(18-5-2-3-6-18)19-12-14-29(26,27)16-19/h8-11,18-19,21H,2-7,12-16H2,1H3/t19-,21-/m1/s1. The van der Waals surface area contributed by atoms with Crippen LogP contribution >= 0.6 is 0 Å². The van der Waals surface area contributed by atoms with Gasteiger partial charge in [0.15, 0.2) is 9.84 Å². The first-order valence-electron chi connectivity index (χ1n) is 10.9. The fraction of sp³-hybridized carbons (Fsp3) is 0.682. The van der Waals surface area contributed by atoms with Gasteiger partial charge >= 0.3 is 0 Å². The van der Waals surface area contributed by atoms with Gasteiger partial charge in [0, 0.05) is 18.1 Å². The number of ether oxygens (including phenoxy) is 1. The molecule has 29 heavy (non-hydrogen) atoms. The van der Waals surface area contributed by atoms with Gasteiger partial charge in [0.1, 0.15) is 5.75 Å². The molecule has 0 radical (unpaired) electrons. The molecule has 0 aromatic heterocycles. The van der Waals surface area contributed by atoms with Crippen molar-refractivity contribution in [1.82, 2.24) is 9.80 Å². The predicted molar refractivity (Wildman–Crippen MR) is 113 cm³/mol. The molecule has 2 aliphatic heterocycles. The van der Waals surface area contributed by atoms with E-state index < -0.39 is 9.84 Å². The van der Waals surface area contributed by atoms with Crippen LogP contribution in [0.5, 0.6) is 5.75 Å². The smallest absolute Gasteiger partial charge is 0.237 e. The molecular weight excluding hydrogens is 388 g/mol. The molecule has 0 bridgehead atoms. The Bertz CT molecular complexity index is 818. The highest BCUT2D eigenvalue weighted by Crippen LogP contribution is 2.34. The number of hydrogen-bond donors (Lipinski definition) is 0. The monoisotopic (exact) mass is 420 g/mol. The lowest BCUT2D eigenvalue weighted by atomic mass is 10.0. The normalized spacial score (nSPS) is 27.3. The first-order valence-corrected chi connectivity index (χ1v) is 12.7. The molecule has 4 rings (SSSR count). The lowest BCUT2D eigenvalue weighted by Gasteiger charge is -2.36. The van der Waals surface area contributed by atoms with Gasteiger partial charge in [-0.05, 0) is 56.3 Å². The van der Waals surface area contributed by atoms with Gasteiger partial charge in [-0.1, -0.05) is 25.0 Å². The topological polar surface area (TPSA) is 66.9 Å². The molecule has 2 atom stereocenters. The summed E-state index contributed by atoms with van der Waals surface area (Å²) in [4.78, 5) is 17.7. The molecule has 1 aliphatic carbocycles. The van der Waals surface area contributed by atoms with Crippen molar-refractivity contribution in [2.75, 3.05) is 31.7 Å². The van der Waals surface area contributed by atoms with E-state index in [0.29, 0.717) is 13.0 Å². The van der Waals surface area contributed by atoms with Gasteiger partial charge in [0.25, 0.3) is 0 Å². The van der Waals surface area contributed by atoms with Crippen LogP contribution in [-0.2, 0) is 14.6 Å². The molecule has 1 saturated carbocycles. The number of carbonyl (C=O) groups is 1. The summed E-state index contributed by atoms with van der Waals surface area (Å²) in [5, 5.41) is 0. The second-order valence-corrected chi connectivity index (χ2v) is 10.9. The minimum Gasteiger partial charge on any atom is -0.497 e. The summed E-state index contributed by atoms with van der Waals surface area (Å²) in [6.07, 6.45) is 6.98. The van der Waals surface area contributed by atoms with Crippen molar-refractivity contribution in [1.29, 1.82) is 0 Å². The summed E-state index contributed by atoms with van der Waals surface area (Å²) in [5.74, 6) is 1.30. The van der Waals surface area contributed by atoms with Crippen molar-refractivity contribution in [3.8, 4) is 5.75 Å². The fourth-order valence-corrected chi connectivity index (χ4v) is 7.07. The minimum atomic E-state index is -3.01. The molecule has 2 heterocycles. The first-order chi connectivity index (χ1) is 14.0. The molecule has 6 nitrogen and oxygen atoms in total. The Balaban J connectivity index is 1.48. The van der Waals surface area contributed by atoms with Crippen molar-refractivity contribution in [2.24, 2.45) is 0 Å². The van der Waals surface area contributed by atoms with Crippen LogP contribution in [0.1, 0.15) is 56.6 Å². The third-order valence-corrected chi connectivity index (χ3v) is 8.56. The number of carbonyl (C=O) groups excluding carboxylic acids is 1. The van der Waals surface area contributed by atoms with Crippen molar-refractivity contribution < 1.29 is 17.9 Å². The zero-order chi connectivity index (χ0) is 20.4. The Morgan fingerprint density at radius 1 is 1.07 bits per heavy atom. The first kappa shape index (κ1) is 20.7. The molecule has 160 valence electrons. The van der Waals surface area contributed by atoms with Crippen molar-refractivity contribution >= 4 is 15.7 Å². The lowest BCUT2D eigenvalue weighted by molar-refractivity contribution is -0.137. The van der Waals surface area contributed by atoms with E-state index in [1.807, 2.05) is 17.0 Å². The molecule has 3 aliphatic rings. The van der Waals surface area contributed by atoms with E-state index in [1.165, 1.54) is 5.56 Å². The zero-order valence-electron chi connectivity index (χ0n) is 17.3. The summed E-state index contributed by atoms with van der Waals surface area (Å²) in [5.41, 5.74) is 1.21. The van der Waals surface area contributed by atoms with Gasteiger partial charge in [0.05, 0.1) is 25.2 Å². The molecule has 0 spiro atoms. The van der Waals surface area contributed by atoms with Gasteiger partial charge in [-0.25, -0.2) is 8.42 Å². The van der Waals surface area contributed by atoms with Gasteiger partial charge < -0.3 is 9.64 Å². The Labute approximate surface area is 174 Å². The number of methoxy groups -OCH3 is 1. The minimum absolute atomic E-state index is 0.111. The number of nitrogens with zero attached hydrogens (tertiary/aromatic N) is 2. The Hall–Kier alpha value is -1.60. The Morgan fingerprint density at radius 3 is 2.41 bits per heavy atom. The molecule has 0 unspecified atom stereocenters. The molecule has 1 amide bonds. The van der Waals surface area contributed by atoms with Crippen LogP contribution in [-0.4, -0.2) is 67.9 Å². The average Bonchev–Trinajstić information content (AvgIpc) is 3.44. The van der Waals surface area contributed by atoms with Crippen LogP contribution in [0.2, 0.25) is 0 Å². The van der Waals surface area contributed by atoms with E-state index in [1.54, 1.807) is 7.11 Å². The number of benzene rings is 1. The van der Waals surface area contributed by atoms with Crippen LogP contribution in [0.25, 0.3) is 0 Å². The molecule has 2 saturated heterocycles. The SMILES string of the molecule is COc1ccc([C@H]2CCCN2CC(=O)N(C2CCCC2)[C@@H]2CCS(=O)(=O)C2)cc1. The quantitative estimate of drug-likeness (QED) is 0.708. The van der Waals surface area contributed by atoms with Crippen LogP contribution < -0.4 is 4.74 Å². The second kappa shape index (κ2) is 8.64. The van der Waals surface area contributed by atoms with Gasteiger partial charge in [0.2, 0.25) is 5.91 Å². The third-order valence-electron chi connectivity index (χ3n) is 6.81. The highest BCUT2D eigenvalue weighted by molar-refractivity contribution is 7.91. The van der Waals surface area contributed by atoms with E-state index >= 15 is 0 Å². The van der Waals surface area contributed by atoms with Gasteiger partial charge in [-0.3, -0.25) is 9.69 Å². The zero-order valence-corrected chi connectivity index (χ0v) is 18.1. The van der Waals surface area contributed by atoms with Crippen molar-refractivity contribution in [3.63, 3.8) is 0 Å². The van der Waals surface area contributed by atoms with Gasteiger partial charge in [-0.2, -0.15) is 0 Å². The molecular formula is C22H32N2O4S.